The number of anilines is 1. The van der Waals surface area contributed by atoms with E-state index < -0.39 is 0 Å². The summed E-state index contributed by atoms with van der Waals surface area (Å²) in [6, 6.07) is 7.63. The van der Waals surface area contributed by atoms with Crippen molar-refractivity contribution >= 4 is 11.6 Å². The van der Waals surface area contributed by atoms with Crippen LogP contribution in [0.25, 0.3) is 0 Å². The number of carbonyl (C=O) groups excluding carboxylic acids is 1. The third-order valence-corrected chi connectivity index (χ3v) is 3.49. The van der Waals surface area contributed by atoms with Crippen LogP contribution in [0, 0.1) is 5.92 Å². The Kier molecular flexibility index (Phi) is 5.41. The number of hydrogen-bond acceptors (Lipinski definition) is 3. The van der Waals surface area contributed by atoms with E-state index in [1.54, 1.807) is 4.90 Å². The zero-order valence-electron chi connectivity index (χ0n) is 12.4. The second-order valence-electron chi connectivity index (χ2n) is 5.32. The van der Waals surface area contributed by atoms with Gasteiger partial charge in [-0.15, -0.1) is 0 Å². The summed E-state index contributed by atoms with van der Waals surface area (Å²) in [6.45, 7) is 4.92. The maximum atomic E-state index is 12.4. The molecule has 1 N–H and O–H groups in total. The molecule has 0 heterocycles. The van der Waals surface area contributed by atoms with Crippen molar-refractivity contribution in [1.29, 1.82) is 0 Å². The zero-order valence-corrected chi connectivity index (χ0v) is 12.4. The van der Waals surface area contributed by atoms with Gasteiger partial charge in [0, 0.05) is 32.4 Å². The van der Waals surface area contributed by atoms with Gasteiger partial charge in [0.15, 0.2) is 0 Å². The summed E-state index contributed by atoms with van der Waals surface area (Å²) in [4.78, 5) is 14.1. The molecule has 0 bridgehead atoms. The number of amides is 1. The van der Waals surface area contributed by atoms with Gasteiger partial charge < -0.3 is 15.0 Å². The van der Waals surface area contributed by atoms with Gasteiger partial charge in [0.2, 0.25) is 0 Å². The van der Waals surface area contributed by atoms with Gasteiger partial charge in [-0.1, -0.05) is 12.1 Å². The van der Waals surface area contributed by atoms with E-state index in [0.717, 1.165) is 30.3 Å². The zero-order chi connectivity index (χ0) is 14.4. The van der Waals surface area contributed by atoms with Crippen molar-refractivity contribution in [2.24, 2.45) is 5.92 Å². The number of nitrogens with one attached hydrogen (secondary N) is 1. The molecule has 0 saturated heterocycles. The summed E-state index contributed by atoms with van der Waals surface area (Å²) >= 11 is 0. The molecule has 1 fully saturated rings. The fourth-order valence-corrected chi connectivity index (χ4v) is 2.06. The first-order valence-electron chi connectivity index (χ1n) is 7.38. The molecule has 4 heteroatoms. The van der Waals surface area contributed by atoms with Gasteiger partial charge in [0.05, 0.1) is 12.2 Å². The van der Waals surface area contributed by atoms with Crippen LogP contribution in [-0.2, 0) is 4.74 Å². The number of ether oxygens (including phenoxy) is 1. The highest BCUT2D eigenvalue weighted by Gasteiger charge is 2.21. The lowest BCUT2D eigenvalue weighted by atomic mass is 10.1. The topological polar surface area (TPSA) is 41.6 Å². The van der Waals surface area contributed by atoms with E-state index in [0.29, 0.717) is 13.2 Å². The predicted octanol–water partition coefficient (Wildman–Crippen LogP) is 2.62. The summed E-state index contributed by atoms with van der Waals surface area (Å²) in [5.74, 6) is 0.807. The molecule has 1 saturated carbocycles. The van der Waals surface area contributed by atoms with Crippen LogP contribution in [0.15, 0.2) is 24.3 Å². The number of para-hydroxylation sites is 1. The van der Waals surface area contributed by atoms with Crippen molar-refractivity contribution in [3.05, 3.63) is 29.8 Å². The lowest BCUT2D eigenvalue weighted by Gasteiger charge is -2.19. The molecule has 1 aromatic rings. The van der Waals surface area contributed by atoms with Crippen molar-refractivity contribution in [3.8, 4) is 0 Å². The second-order valence-corrected chi connectivity index (χ2v) is 5.32. The van der Waals surface area contributed by atoms with E-state index in [2.05, 4.69) is 5.32 Å². The molecule has 0 aromatic heterocycles. The third kappa shape index (κ3) is 4.23. The lowest BCUT2D eigenvalue weighted by Crippen LogP contribution is -2.31. The van der Waals surface area contributed by atoms with Crippen LogP contribution in [0.1, 0.15) is 30.1 Å². The smallest absolute Gasteiger partial charge is 0.255 e. The average molecular weight is 276 g/mol. The Morgan fingerprint density at radius 1 is 1.40 bits per heavy atom. The minimum Gasteiger partial charge on any atom is -0.385 e. The number of rotatable bonds is 8. The van der Waals surface area contributed by atoms with E-state index in [-0.39, 0.29) is 5.91 Å². The van der Waals surface area contributed by atoms with Crippen LogP contribution in [-0.4, -0.2) is 44.2 Å². The maximum absolute atomic E-state index is 12.4. The minimum absolute atomic E-state index is 0.0385. The molecule has 4 nitrogen and oxygen atoms in total. The van der Waals surface area contributed by atoms with Gasteiger partial charge in [-0.05, 0) is 37.8 Å². The summed E-state index contributed by atoms with van der Waals surface area (Å²) in [7, 11) is 1.82. The van der Waals surface area contributed by atoms with Crippen molar-refractivity contribution in [2.45, 2.75) is 19.8 Å². The minimum atomic E-state index is 0.0385. The molecule has 1 aliphatic carbocycles. The molecule has 1 aromatic carbocycles. The van der Waals surface area contributed by atoms with Crippen molar-refractivity contribution in [1.82, 2.24) is 4.90 Å². The molecule has 0 atom stereocenters. The van der Waals surface area contributed by atoms with Gasteiger partial charge in [-0.2, -0.15) is 0 Å². The number of benzene rings is 1. The molecule has 0 spiro atoms. The number of carbonyl (C=O) groups is 1. The summed E-state index contributed by atoms with van der Waals surface area (Å²) in [5, 5.41) is 3.22. The van der Waals surface area contributed by atoms with Crippen LogP contribution in [0.5, 0.6) is 0 Å². The Morgan fingerprint density at radius 3 is 2.85 bits per heavy atom. The third-order valence-electron chi connectivity index (χ3n) is 3.49. The molecular weight excluding hydrogens is 252 g/mol. The highest BCUT2D eigenvalue weighted by molar-refractivity contribution is 5.99. The molecule has 1 aliphatic rings. The fraction of sp³-hybridized carbons (Fsp3) is 0.562. The van der Waals surface area contributed by atoms with Crippen molar-refractivity contribution in [3.63, 3.8) is 0 Å². The number of nitrogens with zero attached hydrogens (tertiary/aromatic N) is 1. The van der Waals surface area contributed by atoms with E-state index >= 15 is 0 Å². The van der Waals surface area contributed by atoms with Gasteiger partial charge >= 0.3 is 0 Å². The first-order chi connectivity index (χ1) is 9.72. The molecule has 20 heavy (non-hydrogen) atoms. The molecule has 1 amide bonds. The summed E-state index contributed by atoms with van der Waals surface area (Å²) in [5.41, 5.74) is 1.62. The largest absolute Gasteiger partial charge is 0.385 e. The Hall–Kier alpha value is -1.55. The van der Waals surface area contributed by atoms with E-state index in [1.807, 2.05) is 38.2 Å². The predicted molar refractivity (Wildman–Crippen MR) is 81.1 cm³/mol. The fourth-order valence-electron chi connectivity index (χ4n) is 2.06. The van der Waals surface area contributed by atoms with Gasteiger partial charge in [0.25, 0.3) is 5.91 Å². The van der Waals surface area contributed by atoms with Crippen LogP contribution >= 0.6 is 0 Å². The highest BCUT2D eigenvalue weighted by Crippen LogP contribution is 2.28. The van der Waals surface area contributed by atoms with E-state index in [9.17, 15) is 4.79 Å². The first-order valence-corrected chi connectivity index (χ1v) is 7.38. The molecule has 0 radical (unpaired) electrons. The Labute approximate surface area is 121 Å². The SMILES string of the molecule is CCNc1ccccc1C(=O)N(C)CCOCC1CC1. The number of hydrogen-bond donors (Lipinski definition) is 1. The van der Waals surface area contributed by atoms with Crippen LogP contribution in [0.3, 0.4) is 0 Å². The molecule has 2 rings (SSSR count). The summed E-state index contributed by atoms with van der Waals surface area (Å²) in [6.07, 6.45) is 2.59. The first kappa shape index (κ1) is 14.9. The highest BCUT2D eigenvalue weighted by atomic mass is 16.5. The van der Waals surface area contributed by atoms with Gasteiger partial charge in [0.1, 0.15) is 0 Å². The lowest BCUT2D eigenvalue weighted by molar-refractivity contribution is 0.0682. The standard InChI is InChI=1S/C16H24N2O2/c1-3-17-15-7-5-4-6-14(15)16(19)18(2)10-11-20-12-13-8-9-13/h4-7,13,17H,3,8-12H2,1-2H3. The second kappa shape index (κ2) is 7.29. The van der Waals surface area contributed by atoms with Gasteiger partial charge in [-0.25, -0.2) is 0 Å². The Bertz CT molecular complexity index is 444. The van der Waals surface area contributed by atoms with Crippen LogP contribution < -0.4 is 5.32 Å². The molecule has 0 unspecified atom stereocenters. The van der Waals surface area contributed by atoms with E-state index in [4.69, 9.17) is 4.74 Å². The maximum Gasteiger partial charge on any atom is 0.255 e. The monoisotopic (exact) mass is 276 g/mol. The molecule has 0 aliphatic heterocycles. The normalized spacial score (nSPS) is 14.1. The summed E-state index contributed by atoms with van der Waals surface area (Å²) < 4.78 is 5.58. The molecule has 110 valence electrons. The Balaban J connectivity index is 1.84. The quantitative estimate of drug-likeness (QED) is 0.742. The van der Waals surface area contributed by atoms with Crippen LogP contribution in [0.2, 0.25) is 0 Å². The Morgan fingerprint density at radius 2 is 2.15 bits per heavy atom. The van der Waals surface area contributed by atoms with Crippen molar-refractivity contribution in [2.75, 3.05) is 38.7 Å². The molecular formula is C16H24N2O2. The average Bonchev–Trinajstić information content (AvgIpc) is 3.28. The number of likely N-dealkylation sites (N-methyl/N-ethyl adjacent to an activating group) is 1. The van der Waals surface area contributed by atoms with E-state index in [1.165, 1.54) is 12.8 Å². The van der Waals surface area contributed by atoms with Crippen molar-refractivity contribution < 1.29 is 9.53 Å². The van der Waals surface area contributed by atoms with Gasteiger partial charge in [-0.3, -0.25) is 4.79 Å². The van der Waals surface area contributed by atoms with Crippen LogP contribution in [0.4, 0.5) is 5.69 Å².